The van der Waals surface area contributed by atoms with E-state index in [1.165, 1.54) is 11.1 Å². The smallest absolute Gasteiger partial charge is 0.410 e. The summed E-state index contributed by atoms with van der Waals surface area (Å²) in [6.07, 6.45) is 1.60. The maximum absolute atomic E-state index is 12.3. The van der Waals surface area contributed by atoms with E-state index in [-0.39, 0.29) is 6.09 Å². The van der Waals surface area contributed by atoms with Crippen LogP contribution in [0.3, 0.4) is 0 Å². The van der Waals surface area contributed by atoms with Crippen molar-refractivity contribution in [2.75, 3.05) is 25.6 Å². The van der Waals surface area contributed by atoms with Crippen molar-refractivity contribution in [3.05, 3.63) is 29.3 Å². The molecule has 5 heteroatoms. The Kier molecular flexibility index (Phi) is 6.10. The molecule has 24 heavy (non-hydrogen) atoms. The second-order valence-corrected chi connectivity index (χ2v) is 7.30. The van der Waals surface area contributed by atoms with Gasteiger partial charge in [0, 0.05) is 31.9 Å². The van der Waals surface area contributed by atoms with Crippen LogP contribution in [-0.4, -0.2) is 42.9 Å². The Labute approximate surface area is 145 Å². The van der Waals surface area contributed by atoms with Gasteiger partial charge in [-0.05, 0) is 50.8 Å². The van der Waals surface area contributed by atoms with Crippen molar-refractivity contribution in [2.45, 2.75) is 58.7 Å². The van der Waals surface area contributed by atoms with E-state index in [0.717, 1.165) is 18.5 Å². The molecular formula is C19H30N2O3. The van der Waals surface area contributed by atoms with Crippen LogP contribution in [0.2, 0.25) is 0 Å². The third-order valence-electron chi connectivity index (χ3n) is 4.14. The number of hydrogen-bond acceptors (Lipinski definition) is 4. The number of anilines is 1. The first-order valence-electron chi connectivity index (χ1n) is 8.68. The van der Waals surface area contributed by atoms with Crippen LogP contribution in [0, 0.1) is 0 Å². The molecule has 0 saturated carbocycles. The van der Waals surface area contributed by atoms with Crippen LogP contribution in [-0.2, 0) is 22.4 Å². The summed E-state index contributed by atoms with van der Waals surface area (Å²) in [4.78, 5) is 14.1. The molecule has 1 aromatic rings. The number of nitrogens with one attached hydrogen (secondary N) is 1. The van der Waals surface area contributed by atoms with Gasteiger partial charge in [0.25, 0.3) is 0 Å². The lowest BCUT2D eigenvalue weighted by Crippen LogP contribution is -2.40. The number of hydrogen-bond donors (Lipinski definition) is 1. The van der Waals surface area contributed by atoms with Gasteiger partial charge in [0.15, 0.2) is 0 Å². The zero-order valence-electron chi connectivity index (χ0n) is 15.5. The van der Waals surface area contributed by atoms with Crippen molar-refractivity contribution < 1.29 is 14.3 Å². The Bertz CT molecular complexity index is 566. The summed E-state index contributed by atoms with van der Waals surface area (Å²) in [5.74, 6) is 0. The molecule has 0 aromatic heterocycles. The minimum atomic E-state index is -0.463. The van der Waals surface area contributed by atoms with Gasteiger partial charge in [-0.25, -0.2) is 4.79 Å². The molecule has 1 heterocycles. The Morgan fingerprint density at radius 2 is 2.12 bits per heavy atom. The second-order valence-electron chi connectivity index (χ2n) is 7.30. The minimum absolute atomic E-state index is 0.239. The molecule has 1 aromatic carbocycles. The molecule has 0 radical (unpaired) electrons. The second kappa shape index (κ2) is 7.88. The minimum Gasteiger partial charge on any atom is -0.444 e. The van der Waals surface area contributed by atoms with Crippen molar-refractivity contribution in [3.8, 4) is 0 Å². The fraction of sp³-hybridized carbons (Fsp3) is 0.632. The Morgan fingerprint density at radius 3 is 2.75 bits per heavy atom. The van der Waals surface area contributed by atoms with Gasteiger partial charge in [-0.2, -0.15) is 0 Å². The van der Waals surface area contributed by atoms with Crippen LogP contribution in [0.15, 0.2) is 18.2 Å². The van der Waals surface area contributed by atoms with Crippen molar-refractivity contribution in [3.63, 3.8) is 0 Å². The normalized spacial score (nSPS) is 15.6. The number of methoxy groups -OCH3 is 1. The molecule has 1 unspecified atom stereocenters. The maximum Gasteiger partial charge on any atom is 0.410 e. The number of fused-ring (bicyclic) bond motifs is 1. The molecule has 0 spiro atoms. The van der Waals surface area contributed by atoms with E-state index < -0.39 is 5.60 Å². The molecule has 1 N–H and O–H groups in total. The van der Waals surface area contributed by atoms with Crippen LogP contribution in [0.5, 0.6) is 0 Å². The highest BCUT2D eigenvalue weighted by molar-refractivity contribution is 5.69. The topological polar surface area (TPSA) is 50.8 Å². The number of benzene rings is 1. The van der Waals surface area contributed by atoms with Crippen LogP contribution >= 0.6 is 0 Å². The van der Waals surface area contributed by atoms with Gasteiger partial charge in [0.05, 0.1) is 6.61 Å². The number of rotatable bonds is 5. The molecule has 0 aliphatic carbocycles. The first-order chi connectivity index (χ1) is 11.3. The number of carbonyl (C=O) groups excluding carboxylic acids is 1. The third-order valence-corrected chi connectivity index (χ3v) is 4.14. The monoisotopic (exact) mass is 334 g/mol. The van der Waals surface area contributed by atoms with Gasteiger partial charge < -0.3 is 19.7 Å². The van der Waals surface area contributed by atoms with E-state index in [0.29, 0.717) is 25.7 Å². The molecule has 5 nitrogen and oxygen atoms in total. The standard InChI is InChI=1S/C19H30N2O3/c1-6-15(13-23-5)20-17-9-7-8-14-12-21(11-10-16(14)17)18(22)24-19(2,3)4/h7-9,15,20H,6,10-13H2,1-5H3. The number of amides is 1. The van der Waals surface area contributed by atoms with Gasteiger partial charge >= 0.3 is 6.09 Å². The van der Waals surface area contributed by atoms with Crippen LogP contribution in [0.25, 0.3) is 0 Å². The van der Waals surface area contributed by atoms with Crippen molar-refractivity contribution in [1.82, 2.24) is 4.90 Å². The van der Waals surface area contributed by atoms with E-state index in [1.54, 1.807) is 12.0 Å². The number of nitrogens with zero attached hydrogens (tertiary/aromatic N) is 1. The predicted octanol–water partition coefficient (Wildman–Crippen LogP) is 3.82. The molecule has 0 bridgehead atoms. The molecule has 2 rings (SSSR count). The zero-order chi connectivity index (χ0) is 17.7. The van der Waals surface area contributed by atoms with E-state index in [1.807, 2.05) is 26.8 Å². The quantitative estimate of drug-likeness (QED) is 0.889. The summed E-state index contributed by atoms with van der Waals surface area (Å²) in [7, 11) is 1.73. The molecule has 0 fully saturated rings. The van der Waals surface area contributed by atoms with Gasteiger partial charge in [-0.1, -0.05) is 19.1 Å². The lowest BCUT2D eigenvalue weighted by atomic mass is 9.97. The highest BCUT2D eigenvalue weighted by Gasteiger charge is 2.26. The molecule has 1 atom stereocenters. The summed E-state index contributed by atoms with van der Waals surface area (Å²) in [5.41, 5.74) is 3.17. The third kappa shape index (κ3) is 4.87. The first kappa shape index (κ1) is 18.6. The molecule has 1 amide bonds. The lowest BCUT2D eigenvalue weighted by molar-refractivity contribution is 0.0224. The zero-order valence-corrected chi connectivity index (χ0v) is 15.5. The lowest BCUT2D eigenvalue weighted by Gasteiger charge is -2.32. The van der Waals surface area contributed by atoms with Gasteiger partial charge in [0.2, 0.25) is 0 Å². The first-order valence-corrected chi connectivity index (χ1v) is 8.68. The average Bonchev–Trinajstić information content (AvgIpc) is 2.52. The van der Waals surface area contributed by atoms with Crippen molar-refractivity contribution >= 4 is 11.8 Å². The van der Waals surface area contributed by atoms with Crippen molar-refractivity contribution in [1.29, 1.82) is 0 Å². The average molecular weight is 334 g/mol. The SMILES string of the molecule is CCC(COC)Nc1cccc2c1CCN(C(=O)OC(C)(C)C)C2. The molecular weight excluding hydrogens is 304 g/mol. The summed E-state index contributed by atoms with van der Waals surface area (Å²) >= 11 is 0. The molecule has 134 valence electrons. The van der Waals surface area contributed by atoms with Crippen LogP contribution in [0.4, 0.5) is 10.5 Å². The number of ether oxygens (including phenoxy) is 2. The number of carbonyl (C=O) groups is 1. The maximum atomic E-state index is 12.3. The molecule has 1 aliphatic rings. The van der Waals surface area contributed by atoms with E-state index in [9.17, 15) is 4.79 Å². The van der Waals surface area contributed by atoms with Crippen LogP contribution in [0.1, 0.15) is 45.2 Å². The fourth-order valence-corrected chi connectivity index (χ4v) is 2.91. The Balaban J connectivity index is 2.10. The van der Waals surface area contributed by atoms with Gasteiger partial charge in [-0.15, -0.1) is 0 Å². The summed E-state index contributed by atoms with van der Waals surface area (Å²) in [6, 6.07) is 6.54. The Morgan fingerprint density at radius 1 is 1.38 bits per heavy atom. The Hall–Kier alpha value is -1.75. The van der Waals surface area contributed by atoms with Gasteiger partial charge in [-0.3, -0.25) is 0 Å². The summed E-state index contributed by atoms with van der Waals surface area (Å²) in [6.45, 7) is 9.80. The fourth-order valence-electron chi connectivity index (χ4n) is 2.91. The van der Waals surface area contributed by atoms with E-state index in [4.69, 9.17) is 9.47 Å². The van der Waals surface area contributed by atoms with E-state index >= 15 is 0 Å². The predicted molar refractivity (Wildman–Crippen MR) is 96.4 cm³/mol. The van der Waals surface area contributed by atoms with Crippen molar-refractivity contribution in [2.24, 2.45) is 0 Å². The summed E-state index contributed by atoms with van der Waals surface area (Å²) in [5, 5.41) is 3.58. The largest absolute Gasteiger partial charge is 0.444 e. The highest BCUT2D eigenvalue weighted by Crippen LogP contribution is 2.28. The highest BCUT2D eigenvalue weighted by atomic mass is 16.6. The summed E-state index contributed by atoms with van der Waals surface area (Å²) < 4.78 is 10.8. The van der Waals surface area contributed by atoms with Gasteiger partial charge in [0.1, 0.15) is 5.60 Å². The molecule has 0 saturated heterocycles. The molecule has 1 aliphatic heterocycles. The van der Waals surface area contributed by atoms with E-state index in [2.05, 4.69) is 24.4 Å². The van der Waals surface area contributed by atoms with Crippen LogP contribution < -0.4 is 5.32 Å².